The number of hydrogen-bond donors (Lipinski definition) is 1. The van der Waals surface area contributed by atoms with Crippen molar-refractivity contribution in [2.24, 2.45) is 0 Å². The lowest BCUT2D eigenvalue weighted by molar-refractivity contribution is 0.0961. The molecule has 1 saturated heterocycles. The highest BCUT2D eigenvalue weighted by Crippen LogP contribution is 2.35. The molecule has 0 aliphatic carbocycles. The number of carbonyl (C=O) groups excluding carboxylic acids is 1. The Morgan fingerprint density at radius 2 is 1.94 bits per heavy atom. The van der Waals surface area contributed by atoms with Gasteiger partial charge in [-0.3, -0.25) is 4.79 Å². The Kier molecular flexibility index (Phi) is 6.52. The Balaban J connectivity index is 1.63. The summed E-state index contributed by atoms with van der Waals surface area (Å²) in [4.78, 5) is 24.2. The minimum Gasteiger partial charge on any atom is -0.355 e. The number of rotatable bonds is 6. The van der Waals surface area contributed by atoms with Gasteiger partial charge in [-0.25, -0.2) is 9.97 Å². The Bertz CT molecular complexity index is 1070. The van der Waals surface area contributed by atoms with Crippen molar-refractivity contribution in [2.45, 2.75) is 38.6 Å². The lowest BCUT2D eigenvalue weighted by Crippen LogP contribution is -2.27. The Morgan fingerprint density at radius 3 is 2.68 bits per heavy atom. The van der Waals surface area contributed by atoms with Gasteiger partial charge in [0.15, 0.2) is 0 Å². The number of halogens is 1. The molecule has 5 nitrogen and oxygen atoms in total. The van der Waals surface area contributed by atoms with Gasteiger partial charge in [-0.2, -0.15) is 0 Å². The zero-order chi connectivity index (χ0) is 21.8. The first-order valence-corrected chi connectivity index (χ1v) is 11.1. The van der Waals surface area contributed by atoms with Gasteiger partial charge in [0.2, 0.25) is 5.95 Å². The van der Waals surface area contributed by atoms with E-state index in [-0.39, 0.29) is 11.9 Å². The van der Waals surface area contributed by atoms with E-state index in [1.54, 1.807) is 13.2 Å². The van der Waals surface area contributed by atoms with Crippen molar-refractivity contribution in [2.75, 3.05) is 18.5 Å². The largest absolute Gasteiger partial charge is 0.355 e. The van der Waals surface area contributed by atoms with Crippen LogP contribution in [-0.4, -0.2) is 29.5 Å². The molecular formula is C25H27ClN4O. The van der Waals surface area contributed by atoms with Crippen molar-refractivity contribution in [1.29, 1.82) is 0 Å². The molecule has 6 heteroatoms. The molecule has 1 amide bonds. The van der Waals surface area contributed by atoms with Gasteiger partial charge in [-0.05, 0) is 61.4 Å². The van der Waals surface area contributed by atoms with Crippen LogP contribution in [0.5, 0.6) is 0 Å². The number of hydrogen-bond acceptors (Lipinski definition) is 4. The Morgan fingerprint density at radius 1 is 1.16 bits per heavy atom. The van der Waals surface area contributed by atoms with Crippen LogP contribution in [0.2, 0.25) is 5.02 Å². The van der Waals surface area contributed by atoms with Gasteiger partial charge < -0.3 is 10.2 Å². The third-order valence-corrected chi connectivity index (χ3v) is 6.24. The summed E-state index contributed by atoms with van der Waals surface area (Å²) >= 11 is 6.07. The molecule has 1 unspecified atom stereocenters. The molecule has 160 valence electrons. The van der Waals surface area contributed by atoms with Crippen LogP contribution >= 0.6 is 11.6 Å². The first kappa shape index (κ1) is 21.3. The van der Waals surface area contributed by atoms with Gasteiger partial charge in [-0.1, -0.05) is 48.0 Å². The fourth-order valence-corrected chi connectivity index (χ4v) is 4.37. The highest BCUT2D eigenvalue weighted by Gasteiger charge is 2.29. The fourth-order valence-electron chi connectivity index (χ4n) is 4.24. The smallest absolute Gasteiger partial charge is 0.254 e. The summed E-state index contributed by atoms with van der Waals surface area (Å²) in [5.74, 6) is 0.534. The second-order valence-electron chi connectivity index (χ2n) is 7.94. The summed E-state index contributed by atoms with van der Waals surface area (Å²) < 4.78 is 0. The fraction of sp³-hybridized carbons (Fsp3) is 0.320. The van der Waals surface area contributed by atoms with E-state index >= 15 is 0 Å². The third kappa shape index (κ3) is 4.72. The minimum atomic E-state index is -0.151. The van der Waals surface area contributed by atoms with E-state index < -0.39 is 0 Å². The predicted molar refractivity (Wildman–Crippen MR) is 125 cm³/mol. The van der Waals surface area contributed by atoms with E-state index in [0.29, 0.717) is 17.9 Å². The van der Waals surface area contributed by atoms with Gasteiger partial charge in [0, 0.05) is 24.8 Å². The maximum atomic E-state index is 12.4. The van der Waals surface area contributed by atoms with Gasteiger partial charge in [0.25, 0.3) is 5.91 Å². The third-order valence-electron chi connectivity index (χ3n) is 5.98. The zero-order valence-electron chi connectivity index (χ0n) is 17.9. The topological polar surface area (TPSA) is 58.1 Å². The molecule has 1 N–H and O–H groups in total. The van der Waals surface area contributed by atoms with Crippen LogP contribution in [0.15, 0.2) is 54.7 Å². The molecule has 3 aromatic rings. The molecule has 31 heavy (non-hydrogen) atoms. The van der Waals surface area contributed by atoms with Gasteiger partial charge >= 0.3 is 0 Å². The van der Waals surface area contributed by atoms with E-state index in [1.165, 1.54) is 16.7 Å². The molecule has 0 bridgehead atoms. The van der Waals surface area contributed by atoms with Gasteiger partial charge in [0.05, 0.1) is 17.3 Å². The molecule has 0 spiro atoms. The maximum Gasteiger partial charge on any atom is 0.254 e. The number of carbonyl (C=O) groups is 1. The van der Waals surface area contributed by atoms with Crippen molar-refractivity contribution < 1.29 is 4.79 Å². The second kappa shape index (κ2) is 9.48. The monoisotopic (exact) mass is 434 g/mol. The molecule has 1 aliphatic heterocycles. The van der Waals surface area contributed by atoms with Crippen molar-refractivity contribution in [3.8, 4) is 0 Å². The number of amides is 1. The molecule has 1 aliphatic rings. The van der Waals surface area contributed by atoms with E-state index in [9.17, 15) is 4.79 Å². The summed E-state index contributed by atoms with van der Waals surface area (Å²) in [5, 5.41) is 3.45. The van der Waals surface area contributed by atoms with E-state index in [4.69, 9.17) is 16.6 Å². The Hall–Kier alpha value is -2.92. The Labute approximate surface area is 188 Å². The minimum absolute atomic E-state index is 0.151. The SMILES string of the molecule is CNC(=O)c1cnc(N2CCCC2c2ccc(Cl)cc2)nc1CCc1ccccc1C. The number of aromatic nitrogens is 2. The van der Waals surface area contributed by atoms with Crippen LogP contribution in [0.25, 0.3) is 0 Å². The van der Waals surface area contributed by atoms with Crippen LogP contribution in [0.3, 0.4) is 0 Å². The van der Waals surface area contributed by atoms with E-state index in [0.717, 1.165) is 36.5 Å². The first-order valence-electron chi connectivity index (χ1n) is 10.7. The molecule has 2 aromatic carbocycles. The van der Waals surface area contributed by atoms with Gasteiger partial charge in [0.1, 0.15) is 0 Å². The van der Waals surface area contributed by atoms with E-state index in [1.807, 2.05) is 24.3 Å². The van der Waals surface area contributed by atoms with Crippen LogP contribution < -0.4 is 10.2 Å². The molecular weight excluding hydrogens is 408 g/mol. The molecule has 1 fully saturated rings. The normalized spacial score (nSPS) is 15.8. The summed E-state index contributed by atoms with van der Waals surface area (Å²) in [6.45, 7) is 3.01. The number of nitrogens with one attached hydrogen (secondary N) is 1. The highest BCUT2D eigenvalue weighted by atomic mass is 35.5. The molecule has 4 rings (SSSR count). The standard InChI is InChI=1S/C25H27ClN4O/c1-17-6-3-4-7-18(17)11-14-22-21(24(31)27-2)16-28-25(29-22)30-15-5-8-23(30)19-9-12-20(26)13-10-19/h3-4,6-7,9-10,12-13,16,23H,5,8,11,14-15H2,1-2H3,(H,27,31). The summed E-state index contributed by atoms with van der Waals surface area (Å²) in [6, 6.07) is 16.6. The quantitative estimate of drug-likeness (QED) is 0.598. The zero-order valence-corrected chi connectivity index (χ0v) is 18.7. The van der Waals surface area contributed by atoms with Crippen molar-refractivity contribution in [3.05, 3.63) is 87.7 Å². The average molecular weight is 435 g/mol. The average Bonchev–Trinajstić information content (AvgIpc) is 3.28. The van der Waals surface area contributed by atoms with Crippen LogP contribution in [0.1, 0.15) is 51.6 Å². The molecule has 0 saturated carbocycles. The maximum absolute atomic E-state index is 12.4. The lowest BCUT2D eigenvalue weighted by Gasteiger charge is -2.26. The van der Waals surface area contributed by atoms with Crippen LogP contribution in [0.4, 0.5) is 5.95 Å². The number of benzene rings is 2. The summed E-state index contributed by atoms with van der Waals surface area (Å²) in [7, 11) is 1.64. The molecule has 1 atom stereocenters. The van der Waals surface area contributed by atoms with Crippen molar-refractivity contribution in [3.63, 3.8) is 0 Å². The highest BCUT2D eigenvalue weighted by molar-refractivity contribution is 6.30. The lowest BCUT2D eigenvalue weighted by atomic mass is 10.0. The molecule has 0 radical (unpaired) electrons. The number of anilines is 1. The molecule has 1 aromatic heterocycles. The van der Waals surface area contributed by atoms with Crippen molar-refractivity contribution >= 4 is 23.5 Å². The van der Waals surface area contributed by atoms with Crippen LogP contribution in [0, 0.1) is 6.92 Å². The molecule has 2 heterocycles. The summed E-state index contributed by atoms with van der Waals surface area (Å²) in [5.41, 5.74) is 5.06. The number of aryl methyl sites for hydroxylation is 3. The second-order valence-corrected chi connectivity index (χ2v) is 8.38. The number of nitrogens with zero attached hydrogens (tertiary/aromatic N) is 3. The van der Waals surface area contributed by atoms with Crippen molar-refractivity contribution in [1.82, 2.24) is 15.3 Å². The first-order chi connectivity index (χ1) is 15.1. The predicted octanol–water partition coefficient (Wildman–Crippen LogP) is 4.92. The van der Waals surface area contributed by atoms with E-state index in [2.05, 4.69) is 46.4 Å². The summed E-state index contributed by atoms with van der Waals surface area (Å²) in [6.07, 6.45) is 5.30. The van der Waals surface area contributed by atoms with Gasteiger partial charge in [-0.15, -0.1) is 0 Å². The van der Waals surface area contributed by atoms with Crippen LogP contribution in [-0.2, 0) is 12.8 Å².